The molecule has 1 radical (unpaired) electrons. The molecule has 1 rings (SSSR count). The van der Waals surface area contributed by atoms with E-state index < -0.39 is 47.6 Å². The van der Waals surface area contributed by atoms with Crippen LogP contribution in [0.25, 0.3) is 0 Å². The quantitative estimate of drug-likeness (QED) is 0.626. The molecule has 125 valence electrons. The Labute approximate surface area is 129 Å². The van der Waals surface area contributed by atoms with E-state index in [4.69, 9.17) is 0 Å². The van der Waals surface area contributed by atoms with Crippen LogP contribution in [-0.2, 0) is 30.4 Å². The zero-order chi connectivity index (χ0) is 17.3. The van der Waals surface area contributed by atoms with Crippen LogP contribution in [0.2, 0.25) is 0 Å². The van der Waals surface area contributed by atoms with Crippen LogP contribution in [0.1, 0.15) is 5.56 Å². The van der Waals surface area contributed by atoms with Gasteiger partial charge in [0.25, 0.3) is 0 Å². The topological polar surface area (TPSA) is 130 Å². The Hall–Kier alpha value is -1.53. The first-order chi connectivity index (χ1) is 9.66. The van der Waals surface area contributed by atoms with Crippen molar-refractivity contribution >= 4 is 30.4 Å². The Bertz CT molecular complexity index is 825. The zero-order valence-corrected chi connectivity index (χ0v) is 14.2. The summed E-state index contributed by atoms with van der Waals surface area (Å²) in [6.07, 6.45) is 2.24. The zero-order valence-electron chi connectivity index (χ0n) is 11.8. The van der Waals surface area contributed by atoms with Crippen molar-refractivity contribution in [1.29, 1.82) is 0 Å². The highest BCUT2D eigenvalue weighted by atomic mass is 32.2. The Morgan fingerprint density at radius 2 is 1.05 bits per heavy atom. The summed E-state index contributed by atoms with van der Waals surface area (Å²) in [5, 5.41) is 0. The molecule has 22 heavy (non-hydrogen) atoms. The van der Waals surface area contributed by atoms with Crippen molar-refractivity contribution in [2.45, 2.75) is 0 Å². The standard InChI is InChI=1S/C10H13O9S3/c1-7-9(18-21(3,13)14)5-8(17-20(2,11)12)6-10(7)19-22(4,15)16/h5-6H,1H2,2-4H3. The van der Waals surface area contributed by atoms with Gasteiger partial charge in [-0.05, 0) is 6.92 Å². The Morgan fingerprint density at radius 3 is 1.32 bits per heavy atom. The third-order valence-corrected chi connectivity index (χ3v) is 3.33. The molecule has 0 saturated heterocycles. The van der Waals surface area contributed by atoms with Gasteiger partial charge in [0.05, 0.1) is 18.8 Å². The average molecular weight is 373 g/mol. The molecule has 0 aliphatic heterocycles. The Morgan fingerprint density at radius 1 is 0.727 bits per heavy atom. The van der Waals surface area contributed by atoms with Gasteiger partial charge in [0.2, 0.25) is 0 Å². The van der Waals surface area contributed by atoms with Crippen LogP contribution in [0.5, 0.6) is 17.2 Å². The molecule has 0 amide bonds. The largest absolute Gasteiger partial charge is 0.382 e. The Balaban J connectivity index is 3.49. The minimum atomic E-state index is -3.97. The van der Waals surface area contributed by atoms with Crippen molar-refractivity contribution in [3.63, 3.8) is 0 Å². The molecule has 0 aliphatic rings. The van der Waals surface area contributed by atoms with Crippen molar-refractivity contribution in [2.24, 2.45) is 0 Å². The lowest BCUT2D eigenvalue weighted by molar-refractivity contribution is 0.471. The molecule has 0 unspecified atom stereocenters. The molecule has 0 atom stereocenters. The van der Waals surface area contributed by atoms with Crippen molar-refractivity contribution < 1.29 is 37.8 Å². The van der Waals surface area contributed by atoms with E-state index in [9.17, 15) is 25.3 Å². The monoisotopic (exact) mass is 373 g/mol. The van der Waals surface area contributed by atoms with Crippen LogP contribution in [0.4, 0.5) is 0 Å². The minimum Gasteiger partial charge on any atom is -0.382 e. The van der Waals surface area contributed by atoms with E-state index >= 15 is 0 Å². The average Bonchev–Trinajstić information content (AvgIpc) is 2.18. The van der Waals surface area contributed by atoms with E-state index in [1.807, 2.05) is 0 Å². The molecule has 0 spiro atoms. The van der Waals surface area contributed by atoms with Gasteiger partial charge in [-0.25, -0.2) is 0 Å². The maximum absolute atomic E-state index is 11.2. The third-order valence-electron chi connectivity index (χ3n) is 1.87. The predicted octanol–water partition coefficient (Wildman–Crippen LogP) is -0.116. The first-order valence-corrected chi connectivity index (χ1v) is 10.8. The van der Waals surface area contributed by atoms with E-state index in [-0.39, 0.29) is 5.56 Å². The van der Waals surface area contributed by atoms with Gasteiger partial charge in [-0.3, -0.25) is 0 Å². The lowest BCUT2D eigenvalue weighted by atomic mass is 10.2. The number of benzene rings is 1. The van der Waals surface area contributed by atoms with Crippen LogP contribution >= 0.6 is 0 Å². The molecule has 0 fully saturated rings. The number of rotatable bonds is 6. The summed E-state index contributed by atoms with van der Waals surface area (Å²) in [5.74, 6) is -1.25. The van der Waals surface area contributed by atoms with Crippen molar-refractivity contribution in [3.8, 4) is 17.2 Å². The molecule has 0 aromatic heterocycles. The van der Waals surface area contributed by atoms with E-state index in [1.165, 1.54) is 0 Å². The van der Waals surface area contributed by atoms with Gasteiger partial charge in [-0.15, -0.1) is 0 Å². The molecule has 0 heterocycles. The van der Waals surface area contributed by atoms with Crippen molar-refractivity contribution in [3.05, 3.63) is 24.6 Å². The molecule has 1 aromatic rings. The predicted molar refractivity (Wildman–Crippen MR) is 77.3 cm³/mol. The van der Waals surface area contributed by atoms with Crippen LogP contribution in [0.3, 0.4) is 0 Å². The number of hydrogen-bond donors (Lipinski definition) is 0. The molecule has 0 N–H and O–H groups in total. The molecule has 0 aliphatic carbocycles. The second-order valence-electron chi connectivity index (χ2n) is 4.26. The highest BCUT2D eigenvalue weighted by Crippen LogP contribution is 2.35. The van der Waals surface area contributed by atoms with E-state index in [0.717, 1.165) is 30.9 Å². The van der Waals surface area contributed by atoms with Gasteiger partial charge in [-0.1, -0.05) is 0 Å². The lowest BCUT2D eigenvalue weighted by Gasteiger charge is -2.13. The van der Waals surface area contributed by atoms with Crippen molar-refractivity contribution in [1.82, 2.24) is 0 Å². The number of hydrogen-bond acceptors (Lipinski definition) is 9. The fourth-order valence-electron chi connectivity index (χ4n) is 1.29. The summed E-state index contributed by atoms with van der Waals surface area (Å²) in [4.78, 5) is 0. The maximum Gasteiger partial charge on any atom is 0.306 e. The third kappa shape index (κ3) is 6.49. The fourth-order valence-corrected chi connectivity index (χ4v) is 2.69. The minimum absolute atomic E-state index is 0.211. The second kappa shape index (κ2) is 5.93. The fraction of sp³-hybridized carbons (Fsp3) is 0.300. The van der Waals surface area contributed by atoms with E-state index in [1.54, 1.807) is 0 Å². The summed E-state index contributed by atoms with van der Waals surface area (Å²) in [6, 6.07) is 1.86. The van der Waals surface area contributed by atoms with Gasteiger partial charge in [0, 0.05) is 17.7 Å². The van der Waals surface area contributed by atoms with Crippen LogP contribution in [-0.4, -0.2) is 44.0 Å². The second-order valence-corrected chi connectivity index (χ2v) is 8.99. The van der Waals surface area contributed by atoms with Gasteiger partial charge in [0.15, 0.2) is 11.5 Å². The molecule has 0 saturated carbocycles. The summed E-state index contributed by atoms with van der Waals surface area (Å²) in [7, 11) is -11.9. The summed E-state index contributed by atoms with van der Waals surface area (Å²) < 4.78 is 80.7. The molecule has 0 bridgehead atoms. The van der Waals surface area contributed by atoms with Gasteiger partial charge in [0.1, 0.15) is 5.75 Å². The maximum atomic E-state index is 11.2. The summed E-state index contributed by atoms with van der Waals surface area (Å²) in [6.45, 7) is 3.44. The van der Waals surface area contributed by atoms with Gasteiger partial charge in [-0.2, -0.15) is 25.3 Å². The normalized spacial score (nSPS) is 12.7. The van der Waals surface area contributed by atoms with Gasteiger partial charge < -0.3 is 12.5 Å². The lowest BCUT2D eigenvalue weighted by Crippen LogP contribution is -2.11. The smallest absolute Gasteiger partial charge is 0.306 e. The van der Waals surface area contributed by atoms with Crippen LogP contribution in [0, 0.1) is 6.92 Å². The van der Waals surface area contributed by atoms with Gasteiger partial charge >= 0.3 is 30.4 Å². The first-order valence-electron chi connectivity index (χ1n) is 5.35. The molecular formula is C10H13O9S3. The Kier molecular flexibility index (Phi) is 4.99. The highest BCUT2D eigenvalue weighted by molar-refractivity contribution is 7.86. The van der Waals surface area contributed by atoms with Crippen molar-refractivity contribution in [2.75, 3.05) is 18.8 Å². The van der Waals surface area contributed by atoms with E-state index in [2.05, 4.69) is 19.5 Å². The van der Waals surface area contributed by atoms with Crippen LogP contribution < -0.4 is 12.5 Å². The SMILES string of the molecule is [CH2]c1c(OS(C)(=O)=O)cc(OS(C)(=O)=O)cc1OS(C)(=O)=O. The van der Waals surface area contributed by atoms with E-state index in [0.29, 0.717) is 0 Å². The summed E-state index contributed by atoms with van der Waals surface area (Å²) >= 11 is 0. The summed E-state index contributed by atoms with van der Waals surface area (Å²) in [5.41, 5.74) is -0.211. The molecule has 12 heteroatoms. The molecule has 9 nitrogen and oxygen atoms in total. The molecular weight excluding hydrogens is 360 g/mol. The first kappa shape index (κ1) is 18.5. The molecule has 1 aromatic carbocycles. The highest BCUT2D eigenvalue weighted by Gasteiger charge is 2.19. The van der Waals surface area contributed by atoms with Crippen LogP contribution in [0.15, 0.2) is 12.1 Å².